The predicted octanol–water partition coefficient (Wildman–Crippen LogP) is 1.25. The van der Waals surface area contributed by atoms with E-state index in [0.29, 0.717) is 13.2 Å². The number of rotatable bonds is 6. The van der Waals surface area contributed by atoms with Crippen LogP contribution in [0.3, 0.4) is 0 Å². The van der Waals surface area contributed by atoms with Gasteiger partial charge in [-0.15, -0.1) is 12.4 Å². The van der Waals surface area contributed by atoms with Gasteiger partial charge in [0.05, 0.1) is 6.54 Å². The molecule has 0 atom stereocenters. The third kappa shape index (κ3) is 5.38. The number of nitrogens with one attached hydrogen (secondary N) is 1. The number of carbonyl (C=O) groups is 1. The second-order valence-electron chi connectivity index (χ2n) is 3.19. The molecule has 3 N–H and O–H groups in total. The Morgan fingerprint density at radius 1 is 1.47 bits per heavy atom. The Bertz CT molecular complexity index is 369. The largest absolute Gasteiger partial charge is 0.489 e. The Labute approximate surface area is 107 Å². The molecule has 0 radical (unpaired) electrons. The summed E-state index contributed by atoms with van der Waals surface area (Å²) in [6.45, 7) is 4.44. The van der Waals surface area contributed by atoms with E-state index in [1.54, 1.807) is 6.08 Å². The molecule has 0 fully saturated rings. The zero-order valence-corrected chi connectivity index (χ0v) is 10.3. The fraction of sp³-hybridized carbons (Fsp3) is 0.250. The van der Waals surface area contributed by atoms with Crippen LogP contribution >= 0.6 is 12.4 Å². The van der Waals surface area contributed by atoms with Gasteiger partial charge in [0.1, 0.15) is 12.4 Å². The maximum atomic E-state index is 11.0. The van der Waals surface area contributed by atoms with E-state index in [9.17, 15) is 4.79 Å². The lowest BCUT2D eigenvalue weighted by Crippen LogP contribution is -2.29. The van der Waals surface area contributed by atoms with Gasteiger partial charge in [0.25, 0.3) is 0 Å². The first-order chi connectivity index (χ1) is 7.77. The number of carbonyl (C=O) groups excluding carboxylic acids is 1. The summed E-state index contributed by atoms with van der Waals surface area (Å²) in [4.78, 5) is 11.0. The number of hydrogen-bond donors (Lipinski definition) is 2. The minimum absolute atomic E-state index is 0. The van der Waals surface area contributed by atoms with Crippen LogP contribution in [-0.4, -0.2) is 19.1 Å². The minimum Gasteiger partial charge on any atom is -0.489 e. The van der Waals surface area contributed by atoms with Gasteiger partial charge in [0, 0.05) is 12.1 Å². The van der Waals surface area contributed by atoms with Gasteiger partial charge in [-0.3, -0.25) is 4.79 Å². The first-order valence-corrected chi connectivity index (χ1v) is 5.06. The zero-order chi connectivity index (χ0) is 11.8. The van der Waals surface area contributed by atoms with Crippen LogP contribution < -0.4 is 15.8 Å². The Hall–Kier alpha value is -1.52. The Kier molecular flexibility index (Phi) is 7.84. The van der Waals surface area contributed by atoms with E-state index >= 15 is 0 Å². The summed E-state index contributed by atoms with van der Waals surface area (Å²) >= 11 is 0. The van der Waals surface area contributed by atoms with Gasteiger partial charge in [0.2, 0.25) is 5.91 Å². The molecule has 94 valence electrons. The molecular weight excluding hydrogens is 240 g/mol. The van der Waals surface area contributed by atoms with Crippen LogP contribution in [0.15, 0.2) is 36.9 Å². The molecule has 0 aromatic heterocycles. The van der Waals surface area contributed by atoms with E-state index < -0.39 is 0 Å². The van der Waals surface area contributed by atoms with Crippen LogP contribution in [-0.2, 0) is 11.3 Å². The van der Waals surface area contributed by atoms with Gasteiger partial charge in [-0.1, -0.05) is 30.9 Å². The second kappa shape index (κ2) is 8.61. The molecule has 17 heavy (non-hydrogen) atoms. The van der Waals surface area contributed by atoms with Gasteiger partial charge in [0.15, 0.2) is 0 Å². The van der Waals surface area contributed by atoms with Gasteiger partial charge >= 0.3 is 0 Å². The smallest absolute Gasteiger partial charge is 0.234 e. The average molecular weight is 257 g/mol. The standard InChI is InChI=1S/C12H16N2O2.ClH/c1-2-7-16-11-6-4-3-5-10(11)9-14-12(15)8-13;/h2-6H,1,7-9,13H2,(H,14,15);1H. The molecule has 0 saturated heterocycles. The van der Waals surface area contributed by atoms with Crippen molar-refractivity contribution in [1.29, 1.82) is 0 Å². The Morgan fingerprint density at radius 2 is 2.18 bits per heavy atom. The van der Waals surface area contributed by atoms with Crippen molar-refractivity contribution in [2.45, 2.75) is 6.54 Å². The van der Waals surface area contributed by atoms with Crippen LogP contribution in [0.4, 0.5) is 0 Å². The number of hydrogen-bond acceptors (Lipinski definition) is 3. The van der Waals surface area contributed by atoms with Crippen molar-refractivity contribution in [3.05, 3.63) is 42.5 Å². The van der Waals surface area contributed by atoms with Crippen LogP contribution in [0.2, 0.25) is 0 Å². The number of nitrogens with two attached hydrogens (primary N) is 1. The molecule has 1 rings (SSSR count). The van der Waals surface area contributed by atoms with Gasteiger partial charge in [-0.05, 0) is 6.07 Å². The van der Waals surface area contributed by atoms with Crippen LogP contribution in [0.1, 0.15) is 5.56 Å². The highest BCUT2D eigenvalue weighted by molar-refractivity contribution is 5.85. The van der Waals surface area contributed by atoms with E-state index in [2.05, 4.69) is 11.9 Å². The summed E-state index contributed by atoms with van der Waals surface area (Å²) < 4.78 is 5.45. The average Bonchev–Trinajstić information content (AvgIpc) is 2.34. The third-order valence-corrected chi connectivity index (χ3v) is 1.99. The molecule has 0 aliphatic heterocycles. The lowest BCUT2D eigenvalue weighted by Gasteiger charge is -2.10. The minimum atomic E-state index is -0.182. The summed E-state index contributed by atoms with van der Waals surface area (Å²) in [5.74, 6) is 0.568. The molecule has 0 saturated carbocycles. The normalized spacial score (nSPS) is 9.00. The van der Waals surface area contributed by atoms with Crippen LogP contribution in [0, 0.1) is 0 Å². The molecule has 0 heterocycles. The highest BCUT2D eigenvalue weighted by Gasteiger charge is 2.03. The highest BCUT2D eigenvalue weighted by Crippen LogP contribution is 2.17. The first kappa shape index (κ1) is 15.5. The third-order valence-electron chi connectivity index (χ3n) is 1.99. The van der Waals surface area contributed by atoms with Crippen molar-refractivity contribution < 1.29 is 9.53 Å². The van der Waals surface area contributed by atoms with E-state index in [4.69, 9.17) is 10.5 Å². The molecule has 0 spiro atoms. The topological polar surface area (TPSA) is 64.3 Å². The fourth-order valence-corrected chi connectivity index (χ4v) is 1.21. The summed E-state index contributed by atoms with van der Waals surface area (Å²) in [6, 6.07) is 7.53. The molecule has 0 bridgehead atoms. The number of amides is 1. The molecule has 0 aliphatic carbocycles. The highest BCUT2D eigenvalue weighted by atomic mass is 35.5. The lowest BCUT2D eigenvalue weighted by molar-refractivity contribution is -0.119. The molecule has 4 nitrogen and oxygen atoms in total. The summed E-state index contributed by atoms with van der Waals surface area (Å²) in [6.07, 6.45) is 1.68. The number of benzene rings is 1. The lowest BCUT2D eigenvalue weighted by atomic mass is 10.2. The van der Waals surface area contributed by atoms with E-state index in [1.165, 1.54) is 0 Å². The van der Waals surface area contributed by atoms with Crippen molar-refractivity contribution >= 4 is 18.3 Å². The summed E-state index contributed by atoms with van der Waals surface area (Å²) in [5.41, 5.74) is 6.12. The van der Waals surface area contributed by atoms with E-state index in [1.807, 2.05) is 24.3 Å². The van der Waals surface area contributed by atoms with E-state index in [0.717, 1.165) is 11.3 Å². The molecular formula is C12H17ClN2O2. The van der Waals surface area contributed by atoms with E-state index in [-0.39, 0.29) is 24.9 Å². The van der Waals surface area contributed by atoms with Crippen molar-refractivity contribution in [3.8, 4) is 5.75 Å². The van der Waals surface area contributed by atoms with Gasteiger partial charge in [-0.25, -0.2) is 0 Å². The fourth-order valence-electron chi connectivity index (χ4n) is 1.21. The maximum Gasteiger partial charge on any atom is 0.234 e. The summed E-state index contributed by atoms with van der Waals surface area (Å²) in [7, 11) is 0. The Balaban J connectivity index is 0.00000256. The van der Waals surface area contributed by atoms with Crippen molar-refractivity contribution in [3.63, 3.8) is 0 Å². The zero-order valence-electron chi connectivity index (χ0n) is 9.52. The Morgan fingerprint density at radius 3 is 2.82 bits per heavy atom. The van der Waals surface area contributed by atoms with Crippen molar-refractivity contribution in [2.24, 2.45) is 5.73 Å². The molecule has 0 aliphatic rings. The molecule has 1 aromatic rings. The van der Waals surface area contributed by atoms with Gasteiger partial charge in [-0.2, -0.15) is 0 Å². The predicted molar refractivity (Wildman–Crippen MR) is 70.3 cm³/mol. The number of halogens is 1. The molecule has 5 heteroatoms. The monoisotopic (exact) mass is 256 g/mol. The molecule has 1 amide bonds. The number of para-hydroxylation sites is 1. The first-order valence-electron chi connectivity index (χ1n) is 5.06. The van der Waals surface area contributed by atoms with Crippen LogP contribution in [0.25, 0.3) is 0 Å². The van der Waals surface area contributed by atoms with Crippen molar-refractivity contribution in [2.75, 3.05) is 13.2 Å². The number of ether oxygens (including phenoxy) is 1. The van der Waals surface area contributed by atoms with Crippen molar-refractivity contribution in [1.82, 2.24) is 5.32 Å². The quantitative estimate of drug-likeness (QED) is 0.753. The second-order valence-corrected chi connectivity index (χ2v) is 3.19. The molecule has 0 unspecified atom stereocenters. The SMILES string of the molecule is C=CCOc1ccccc1CNC(=O)CN.Cl. The summed E-state index contributed by atoms with van der Waals surface area (Å²) in [5, 5.41) is 2.70. The maximum absolute atomic E-state index is 11.0. The van der Waals surface area contributed by atoms with Crippen LogP contribution in [0.5, 0.6) is 5.75 Å². The molecule has 1 aromatic carbocycles. The van der Waals surface area contributed by atoms with Gasteiger partial charge < -0.3 is 15.8 Å².